The van der Waals surface area contributed by atoms with Crippen LogP contribution in [0.3, 0.4) is 0 Å². The third-order valence-corrected chi connectivity index (χ3v) is 3.40. The highest BCUT2D eigenvalue weighted by atomic mass is 35.5. The minimum atomic E-state index is -0.246. The molecule has 0 aliphatic rings. The molecule has 0 bridgehead atoms. The van der Waals surface area contributed by atoms with E-state index in [1.807, 2.05) is 36.2 Å². The van der Waals surface area contributed by atoms with E-state index in [1.165, 1.54) is 12.1 Å². The van der Waals surface area contributed by atoms with Gasteiger partial charge in [0.25, 0.3) is 0 Å². The van der Waals surface area contributed by atoms with Crippen molar-refractivity contribution in [1.82, 2.24) is 5.32 Å². The summed E-state index contributed by atoms with van der Waals surface area (Å²) in [7, 11) is 1.91. The molecule has 0 heterocycles. The van der Waals surface area contributed by atoms with E-state index < -0.39 is 0 Å². The molecule has 0 fully saturated rings. The van der Waals surface area contributed by atoms with Crippen LogP contribution in [0.1, 0.15) is 12.5 Å². The van der Waals surface area contributed by atoms with Crippen LogP contribution in [0.15, 0.2) is 42.5 Å². The number of hydrogen-bond acceptors (Lipinski definition) is 2. The second kappa shape index (κ2) is 6.73. The van der Waals surface area contributed by atoms with Gasteiger partial charge in [-0.1, -0.05) is 30.7 Å². The van der Waals surface area contributed by atoms with Crippen LogP contribution < -0.4 is 10.2 Å². The Morgan fingerprint density at radius 2 is 2.00 bits per heavy atom. The van der Waals surface area contributed by atoms with Gasteiger partial charge in [-0.25, -0.2) is 4.39 Å². The van der Waals surface area contributed by atoms with Gasteiger partial charge in [0.1, 0.15) is 5.82 Å². The topological polar surface area (TPSA) is 15.3 Å². The lowest BCUT2D eigenvalue weighted by Crippen LogP contribution is -2.17. The second-order valence-electron chi connectivity index (χ2n) is 4.59. The van der Waals surface area contributed by atoms with Gasteiger partial charge in [0.05, 0.1) is 0 Å². The van der Waals surface area contributed by atoms with Crippen molar-refractivity contribution in [2.24, 2.45) is 0 Å². The smallest absolute Gasteiger partial charge is 0.125 e. The average molecular weight is 293 g/mol. The van der Waals surface area contributed by atoms with Crippen LogP contribution in [0.25, 0.3) is 0 Å². The van der Waals surface area contributed by atoms with Crippen molar-refractivity contribution < 1.29 is 4.39 Å². The molecular formula is C16H18ClFN2. The van der Waals surface area contributed by atoms with Crippen molar-refractivity contribution in [1.29, 1.82) is 0 Å². The Morgan fingerprint density at radius 3 is 2.70 bits per heavy atom. The zero-order chi connectivity index (χ0) is 14.5. The van der Waals surface area contributed by atoms with E-state index in [1.54, 1.807) is 6.07 Å². The van der Waals surface area contributed by atoms with Crippen LogP contribution in [0.4, 0.5) is 15.8 Å². The molecule has 2 aromatic carbocycles. The molecule has 0 spiro atoms. The van der Waals surface area contributed by atoms with Gasteiger partial charge in [0.15, 0.2) is 0 Å². The molecule has 4 heteroatoms. The third kappa shape index (κ3) is 3.50. The molecular weight excluding hydrogens is 275 g/mol. The summed E-state index contributed by atoms with van der Waals surface area (Å²) in [4.78, 5) is 1.95. The fourth-order valence-electron chi connectivity index (χ4n) is 2.08. The third-order valence-electron chi connectivity index (χ3n) is 3.17. The van der Waals surface area contributed by atoms with E-state index in [2.05, 4.69) is 12.2 Å². The Morgan fingerprint density at radius 1 is 1.20 bits per heavy atom. The number of nitrogens with one attached hydrogen (secondary N) is 1. The van der Waals surface area contributed by atoms with E-state index >= 15 is 0 Å². The van der Waals surface area contributed by atoms with Gasteiger partial charge in [0.2, 0.25) is 0 Å². The minimum absolute atomic E-state index is 0.246. The number of hydrogen-bond donors (Lipinski definition) is 1. The van der Waals surface area contributed by atoms with E-state index in [9.17, 15) is 4.39 Å². The fraction of sp³-hybridized carbons (Fsp3) is 0.250. The predicted molar refractivity (Wildman–Crippen MR) is 83.3 cm³/mol. The molecule has 2 nitrogen and oxygen atoms in total. The van der Waals surface area contributed by atoms with Crippen LogP contribution in [0.2, 0.25) is 5.02 Å². The standard InChI is InChI=1S/C16H18ClFN2/c1-3-19-11-12-7-8-13(17)9-16(12)20(2)15-6-4-5-14(18)10-15/h4-10,19H,3,11H2,1-2H3. The van der Waals surface area contributed by atoms with Crippen LogP contribution in [0.5, 0.6) is 0 Å². The summed E-state index contributed by atoms with van der Waals surface area (Å²) < 4.78 is 13.4. The van der Waals surface area contributed by atoms with Crippen molar-refractivity contribution in [3.63, 3.8) is 0 Å². The Balaban J connectivity index is 2.37. The molecule has 0 radical (unpaired) electrons. The molecule has 0 unspecified atom stereocenters. The molecule has 2 aromatic rings. The number of nitrogens with zero attached hydrogens (tertiary/aromatic N) is 1. The SMILES string of the molecule is CCNCc1ccc(Cl)cc1N(C)c1cccc(F)c1. The first-order chi connectivity index (χ1) is 9.61. The van der Waals surface area contributed by atoms with Crippen LogP contribution in [0, 0.1) is 5.82 Å². The van der Waals surface area contributed by atoms with Crippen LogP contribution in [-0.4, -0.2) is 13.6 Å². The molecule has 20 heavy (non-hydrogen) atoms. The monoisotopic (exact) mass is 292 g/mol. The first kappa shape index (κ1) is 14.8. The lowest BCUT2D eigenvalue weighted by atomic mass is 10.1. The Bertz CT molecular complexity index is 586. The number of halogens is 2. The molecule has 0 aromatic heterocycles. The summed E-state index contributed by atoms with van der Waals surface area (Å²) in [5.74, 6) is -0.246. The van der Waals surface area contributed by atoms with Crippen molar-refractivity contribution >= 4 is 23.0 Å². The number of benzene rings is 2. The van der Waals surface area contributed by atoms with Gasteiger partial charge in [-0.15, -0.1) is 0 Å². The van der Waals surface area contributed by atoms with E-state index in [0.717, 1.165) is 30.0 Å². The highest BCUT2D eigenvalue weighted by Gasteiger charge is 2.10. The molecule has 0 saturated carbocycles. The molecule has 0 amide bonds. The summed E-state index contributed by atoms with van der Waals surface area (Å²) >= 11 is 6.09. The molecule has 2 rings (SSSR count). The second-order valence-corrected chi connectivity index (χ2v) is 5.03. The predicted octanol–water partition coefficient (Wildman–Crippen LogP) is 4.36. The zero-order valence-electron chi connectivity index (χ0n) is 11.7. The zero-order valence-corrected chi connectivity index (χ0v) is 12.4. The molecule has 0 aliphatic heterocycles. The Labute approximate surface area is 124 Å². The number of anilines is 2. The van der Waals surface area contributed by atoms with Gasteiger partial charge in [0, 0.05) is 30.0 Å². The molecule has 0 saturated heterocycles. The minimum Gasteiger partial charge on any atom is -0.344 e. The van der Waals surface area contributed by atoms with Crippen LogP contribution in [-0.2, 0) is 6.54 Å². The molecule has 0 atom stereocenters. The first-order valence-electron chi connectivity index (χ1n) is 6.60. The van der Waals surface area contributed by atoms with E-state index in [-0.39, 0.29) is 5.82 Å². The summed E-state index contributed by atoms with van der Waals surface area (Å²) in [5, 5.41) is 3.97. The maximum Gasteiger partial charge on any atom is 0.125 e. The maximum absolute atomic E-state index is 13.4. The average Bonchev–Trinajstić information content (AvgIpc) is 2.45. The van der Waals surface area contributed by atoms with E-state index in [0.29, 0.717) is 5.02 Å². The van der Waals surface area contributed by atoms with Crippen LogP contribution >= 0.6 is 11.6 Å². The van der Waals surface area contributed by atoms with Gasteiger partial charge in [-0.05, 0) is 42.4 Å². The summed E-state index contributed by atoms with van der Waals surface area (Å²) in [5.41, 5.74) is 2.90. The van der Waals surface area contributed by atoms with Crippen molar-refractivity contribution in [3.8, 4) is 0 Å². The van der Waals surface area contributed by atoms with Gasteiger partial charge in [-0.2, -0.15) is 0 Å². The molecule has 0 aliphatic carbocycles. The lowest BCUT2D eigenvalue weighted by Gasteiger charge is -2.23. The highest BCUT2D eigenvalue weighted by Crippen LogP contribution is 2.30. The number of rotatable bonds is 5. The van der Waals surface area contributed by atoms with Crippen molar-refractivity contribution in [3.05, 3.63) is 58.9 Å². The summed E-state index contributed by atoms with van der Waals surface area (Å²) in [6.07, 6.45) is 0. The quantitative estimate of drug-likeness (QED) is 0.881. The Hall–Kier alpha value is -1.58. The van der Waals surface area contributed by atoms with Crippen molar-refractivity contribution in [2.75, 3.05) is 18.5 Å². The Kier molecular flexibility index (Phi) is 4.99. The van der Waals surface area contributed by atoms with E-state index in [4.69, 9.17) is 11.6 Å². The summed E-state index contributed by atoms with van der Waals surface area (Å²) in [6, 6.07) is 12.3. The van der Waals surface area contributed by atoms with Gasteiger partial charge >= 0.3 is 0 Å². The fourth-order valence-corrected chi connectivity index (χ4v) is 2.25. The van der Waals surface area contributed by atoms with Gasteiger partial charge < -0.3 is 10.2 Å². The van der Waals surface area contributed by atoms with Crippen molar-refractivity contribution in [2.45, 2.75) is 13.5 Å². The summed E-state index contributed by atoms with van der Waals surface area (Å²) in [6.45, 7) is 3.71. The lowest BCUT2D eigenvalue weighted by molar-refractivity contribution is 0.628. The van der Waals surface area contributed by atoms with Gasteiger partial charge in [-0.3, -0.25) is 0 Å². The first-order valence-corrected chi connectivity index (χ1v) is 6.98. The molecule has 106 valence electrons. The maximum atomic E-state index is 13.4. The normalized spacial score (nSPS) is 10.6. The highest BCUT2D eigenvalue weighted by molar-refractivity contribution is 6.30. The largest absolute Gasteiger partial charge is 0.344 e. The molecule has 1 N–H and O–H groups in total.